The third kappa shape index (κ3) is 3.48. The Labute approximate surface area is 134 Å². The smallest absolute Gasteiger partial charge is 0.248 e. The van der Waals surface area contributed by atoms with Crippen molar-refractivity contribution in [3.63, 3.8) is 0 Å². The highest BCUT2D eigenvalue weighted by Gasteiger charge is 2.41. The lowest BCUT2D eigenvalue weighted by Crippen LogP contribution is -2.55. The first kappa shape index (κ1) is 15.4. The highest BCUT2D eigenvalue weighted by molar-refractivity contribution is 5.84. The molecule has 1 amide bonds. The van der Waals surface area contributed by atoms with E-state index in [-0.39, 0.29) is 5.91 Å². The average molecular weight is 315 g/mol. The third-order valence-electron chi connectivity index (χ3n) is 4.08. The lowest BCUT2D eigenvalue weighted by atomic mass is 9.87. The first-order chi connectivity index (χ1) is 11.3. The van der Waals surface area contributed by atoms with Crippen molar-refractivity contribution in [2.45, 2.75) is 18.4 Å². The Kier molecular flexibility index (Phi) is 4.82. The van der Waals surface area contributed by atoms with Crippen LogP contribution in [-0.4, -0.2) is 51.8 Å². The molecule has 0 aromatic carbocycles. The molecule has 1 fully saturated rings. The first-order valence-corrected chi connectivity index (χ1v) is 7.80. The minimum atomic E-state index is -0.596. The van der Waals surface area contributed by atoms with Gasteiger partial charge in [-0.05, 0) is 32.0 Å². The molecule has 3 N–H and O–H groups in total. The summed E-state index contributed by atoms with van der Waals surface area (Å²) in [5.74, 6) is 0.717. The largest absolute Gasteiger partial charge is 0.367 e. The van der Waals surface area contributed by atoms with Crippen LogP contribution in [0.4, 0.5) is 5.82 Å². The Bertz CT molecular complexity index is 608. The molecule has 1 saturated heterocycles. The van der Waals surface area contributed by atoms with Gasteiger partial charge in [0, 0.05) is 37.9 Å². The number of aromatic nitrogens is 4. The van der Waals surface area contributed by atoms with Crippen LogP contribution in [0.25, 0.3) is 0 Å². The lowest BCUT2D eigenvalue weighted by molar-refractivity contribution is -0.131. The summed E-state index contributed by atoms with van der Waals surface area (Å²) < 4.78 is 1.79. The monoisotopic (exact) mass is 315 g/mol. The van der Waals surface area contributed by atoms with Gasteiger partial charge in [-0.15, -0.1) is 0 Å². The molecule has 0 aliphatic carbocycles. The van der Waals surface area contributed by atoms with Gasteiger partial charge in [0.2, 0.25) is 5.91 Å². The van der Waals surface area contributed by atoms with E-state index in [9.17, 15) is 4.79 Å². The van der Waals surface area contributed by atoms with Crippen LogP contribution in [0.15, 0.2) is 37.1 Å². The maximum Gasteiger partial charge on any atom is 0.248 e. The van der Waals surface area contributed by atoms with Gasteiger partial charge in [-0.2, -0.15) is 5.10 Å². The second-order valence-electron chi connectivity index (χ2n) is 5.51. The van der Waals surface area contributed by atoms with Crippen molar-refractivity contribution in [2.75, 3.05) is 31.5 Å². The molecule has 1 aliphatic rings. The summed E-state index contributed by atoms with van der Waals surface area (Å²) in [4.78, 5) is 20.9. The highest BCUT2D eigenvalue weighted by Crippen LogP contribution is 2.26. The molecule has 8 heteroatoms. The van der Waals surface area contributed by atoms with E-state index in [0.29, 0.717) is 18.9 Å². The van der Waals surface area contributed by atoms with Crippen molar-refractivity contribution in [3.8, 4) is 0 Å². The molecule has 3 rings (SSSR count). The Hall–Kier alpha value is -2.48. The van der Waals surface area contributed by atoms with Crippen molar-refractivity contribution >= 4 is 11.7 Å². The Balaban J connectivity index is 1.57. The van der Waals surface area contributed by atoms with E-state index >= 15 is 0 Å². The van der Waals surface area contributed by atoms with Crippen LogP contribution in [-0.2, 0) is 10.3 Å². The summed E-state index contributed by atoms with van der Waals surface area (Å²) in [6.07, 6.45) is 9.95. The van der Waals surface area contributed by atoms with Crippen LogP contribution >= 0.6 is 0 Å². The molecule has 23 heavy (non-hydrogen) atoms. The molecule has 0 atom stereocenters. The van der Waals surface area contributed by atoms with Gasteiger partial charge in [0.25, 0.3) is 0 Å². The number of nitrogens with one attached hydrogen (secondary N) is 3. The second kappa shape index (κ2) is 7.19. The quantitative estimate of drug-likeness (QED) is 0.648. The van der Waals surface area contributed by atoms with Gasteiger partial charge in [-0.1, -0.05) is 0 Å². The first-order valence-electron chi connectivity index (χ1n) is 7.80. The second-order valence-corrected chi connectivity index (χ2v) is 5.51. The summed E-state index contributed by atoms with van der Waals surface area (Å²) in [5, 5.41) is 13.7. The van der Waals surface area contributed by atoms with Gasteiger partial charge in [0.1, 0.15) is 11.4 Å². The standard InChI is InChI=1S/C15H21N7O/c23-14(20-10-9-19-13-12-17-7-8-18-13)15(2-5-16-6-3-15)22-11-1-4-21-22/h1,4,7-8,11-12,16H,2-3,5-6,9-10H2,(H,18,19)(H,20,23). The number of rotatable bonds is 6. The van der Waals surface area contributed by atoms with E-state index in [1.165, 1.54) is 0 Å². The van der Waals surface area contributed by atoms with Crippen LogP contribution in [0.2, 0.25) is 0 Å². The molecule has 2 aromatic rings. The number of hydrogen-bond acceptors (Lipinski definition) is 6. The van der Waals surface area contributed by atoms with Gasteiger partial charge in [-0.3, -0.25) is 14.5 Å². The van der Waals surface area contributed by atoms with Crippen molar-refractivity contribution < 1.29 is 4.79 Å². The van der Waals surface area contributed by atoms with Gasteiger partial charge < -0.3 is 16.0 Å². The van der Waals surface area contributed by atoms with Crippen molar-refractivity contribution in [1.82, 2.24) is 30.4 Å². The number of hydrogen-bond donors (Lipinski definition) is 3. The van der Waals surface area contributed by atoms with Crippen molar-refractivity contribution in [3.05, 3.63) is 37.1 Å². The van der Waals surface area contributed by atoms with E-state index in [2.05, 4.69) is 31.0 Å². The number of carbonyl (C=O) groups is 1. The van der Waals surface area contributed by atoms with E-state index in [1.54, 1.807) is 29.5 Å². The fourth-order valence-electron chi connectivity index (χ4n) is 2.84. The molecule has 0 unspecified atom stereocenters. The number of anilines is 1. The lowest BCUT2D eigenvalue weighted by Gasteiger charge is -2.36. The topological polar surface area (TPSA) is 96.8 Å². The summed E-state index contributed by atoms with van der Waals surface area (Å²) in [6, 6.07) is 1.85. The number of nitrogens with zero attached hydrogens (tertiary/aromatic N) is 4. The summed E-state index contributed by atoms with van der Waals surface area (Å²) in [5.41, 5.74) is -0.596. The molecule has 0 bridgehead atoms. The zero-order valence-electron chi connectivity index (χ0n) is 12.9. The summed E-state index contributed by atoms with van der Waals surface area (Å²) in [7, 11) is 0. The van der Waals surface area contributed by atoms with Crippen molar-refractivity contribution in [2.24, 2.45) is 0 Å². The van der Waals surface area contributed by atoms with Crippen molar-refractivity contribution in [1.29, 1.82) is 0 Å². The number of amides is 1. The number of piperidine rings is 1. The van der Waals surface area contributed by atoms with Gasteiger partial charge in [0.15, 0.2) is 0 Å². The summed E-state index contributed by atoms with van der Waals surface area (Å²) >= 11 is 0. The maximum absolute atomic E-state index is 12.8. The normalized spacial score (nSPS) is 16.7. The third-order valence-corrected chi connectivity index (χ3v) is 4.08. The molecule has 0 saturated carbocycles. The van der Waals surface area contributed by atoms with Crippen LogP contribution < -0.4 is 16.0 Å². The average Bonchev–Trinajstić information content (AvgIpc) is 3.15. The maximum atomic E-state index is 12.8. The summed E-state index contributed by atoms with van der Waals surface area (Å²) in [6.45, 7) is 2.74. The predicted molar refractivity (Wildman–Crippen MR) is 85.8 cm³/mol. The van der Waals surface area contributed by atoms with Gasteiger partial charge >= 0.3 is 0 Å². The molecule has 3 heterocycles. The SMILES string of the molecule is O=C(NCCNc1cnccn1)C1(n2cccn2)CCNCC1. The predicted octanol–water partition coefficient (Wildman–Crippen LogP) is -0.0199. The Morgan fingerprint density at radius 3 is 2.83 bits per heavy atom. The minimum Gasteiger partial charge on any atom is -0.367 e. The molecule has 1 aliphatic heterocycles. The van der Waals surface area contributed by atoms with Crippen LogP contribution in [0, 0.1) is 0 Å². The molecule has 0 spiro atoms. The van der Waals surface area contributed by atoms with Crippen LogP contribution in [0.1, 0.15) is 12.8 Å². The molecule has 122 valence electrons. The van der Waals surface area contributed by atoms with Crippen LogP contribution in [0.5, 0.6) is 0 Å². The molecular formula is C15H21N7O. The Morgan fingerprint density at radius 2 is 2.13 bits per heavy atom. The van der Waals surface area contributed by atoms with E-state index in [1.807, 2.05) is 12.3 Å². The minimum absolute atomic E-state index is 0.0173. The van der Waals surface area contributed by atoms with Gasteiger partial charge in [0.05, 0.1) is 6.20 Å². The fourth-order valence-corrected chi connectivity index (χ4v) is 2.84. The molecule has 8 nitrogen and oxygen atoms in total. The van der Waals surface area contributed by atoms with E-state index in [4.69, 9.17) is 0 Å². The van der Waals surface area contributed by atoms with E-state index in [0.717, 1.165) is 25.9 Å². The van der Waals surface area contributed by atoms with E-state index < -0.39 is 5.54 Å². The molecule has 2 aromatic heterocycles. The zero-order valence-corrected chi connectivity index (χ0v) is 12.9. The Morgan fingerprint density at radius 1 is 1.26 bits per heavy atom. The molecule has 0 radical (unpaired) electrons. The number of carbonyl (C=O) groups excluding carboxylic acids is 1. The molecular weight excluding hydrogens is 294 g/mol. The zero-order chi connectivity index (χ0) is 16.0. The fraction of sp³-hybridized carbons (Fsp3) is 0.467. The van der Waals surface area contributed by atoms with Gasteiger partial charge in [-0.25, -0.2) is 4.98 Å². The van der Waals surface area contributed by atoms with Crippen LogP contribution in [0.3, 0.4) is 0 Å². The highest BCUT2D eigenvalue weighted by atomic mass is 16.2.